The first-order chi connectivity index (χ1) is 11.2. The summed E-state index contributed by atoms with van der Waals surface area (Å²) in [4.78, 5) is 25.6. The van der Waals surface area contributed by atoms with Crippen LogP contribution in [0.25, 0.3) is 0 Å². The van der Waals surface area contributed by atoms with Gasteiger partial charge in [0.05, 0.1) is 6.54 Å². The van der Waals surface area contributed by atoms with E-state index in [1.165, 1.54) is 24.3 Å². The summed E-state index contributed by atoms with van der Waals surface area (Å²) in [6.07, 6.45) is -3.14. The summed E-state index contributed by atoms with van der Waals surface area (Å²) in [6.45, 7) is -0.691. The molecule has 1 heterocycles. The lowest BCUT2D eigenvalue weighted by Crippen LogP contribution is -2.45. The number of amides is 1. The Morgan fingerprint density at radius 1 is 1.21 bits per heavy atom. The molecule has 0 bridgehead atoms. The number of hydrogen-bond donors (Lipinski definition) is 1. The summed E-state index contributed by atoms with van der Waals surface area (Å²) < 4.78 is 49.1. The number of likely N-dealkylation sites (tertiary alicyclic amines) is 1. The standard InChI is InChI=1S/C16H18F4N2O2/c17-13-5-3-11(4-6-13)15(24)12-2-1-7-22(8-12)9-14(23)21-10-16(18,19)20/h3-6,12H,1-2,7-10H2,(H,21,23)/t12-/m1/s1. The molecule has 0 radical (unpaired) electrons. The van der Waals surface area contributed by atoms with E-state index in [1.54, 1.807) is 4.90 Å². The van der Waals surface area contributed by atoms with E-state index in [2.05, 4.69) is 0 Å². The average molecular weight is 346 g/mol. The average Bonchev–Trinajstić information content (AvgIpc) is 2.53. The van der Waals surface area contributed by atoms with Crippen molar-refractivity contribution in [3.05, 3.63) is 35.6 Å². The van der Waals surface area contributed by atoms with Gasteiger partial charge in [-0.25, -0.2) is 4.39 Å². The maximum atomic E-state index is 12.9. The van der Waals surface area contributed by atoms with Crippen LogP contribution in [-0.2, 0) is 4.79 Å². The van der Waals surface area contributed by atoms with Crippen molar-refractivity contribution in [2.45, 2.75) is 19.0 Å². The Balaban J connectivity index is 1.88. The third-order valence-electron chi connectivity index (χ3n) is 3.86. The topological polar surface area (TPSA) is 49.4 Å². The van der Waals surface area contributed by atoms with E-state index >= 15 is 0 Å². The summed E-state index contributed by atoms with van der Waals surface area (Å²) in [5.74, 6) is -1.64. The van der Waals surface area contributed by atoms with Crippen molar-refractivity contribution in [1.29, 1.82) is 0 Å². The van der Waals surface area contributed by atoms with Gasteiger partial charge in [-0.15, -0.1) is 0 Å². The van der Waals surface area contributed by atoms with E-state index in [0.29, 0.717) is 31.5 Å². The van der Waals surface area contributed by atoms with Crippen molar-refractivity contribution in [2.24, 2.45) is 5.92 Å². The van der Waals surface area contributed by atoms with Crippen LogP contribution in [-0.4, -0.2) is 48.9 Å². The van der Waals surface area contributed by atoms with Crippen LogP contribution in [0.5, 0.6) is 0 Å². The predicted molar refractivity (Wildman–Crippen MR) is 79.0 cm³/mol. The second kappa shape index (κ2) is 7.74. The van der Waals surface area contributed by atoms with Gasteiger partial charge in [-0.3, -0.25) is 14.5 Å². The molecule has 1 atom stereocenters. The highest BCUT2D eigenvalue weighted by atomic mass is 19.4. The number of carbonyl (C=O) groups is 2. The molecule has 1 aliphatic heterocycles. The summed E-state index contributed by atoms with van der Waals surface area (Å²) in [7, 11) is 0. The van der Waals surface area contributed by atoms with Crippen LogP contribution >= 0.6 is 0 Å². The molecule has 1 saturated heterocycles. The Labute approximate surface area is 136 Å². The first-order valence-electron chi connectivity index (χ1n) is 7.60. The summed E-state index contributed by atoms with van der Waals surface area (Å²) in [5, 5.41) is 1.82. The van der Waals surface area contributed by atoms with Gasteiger partial charge in [-0.2, -0.15) is 13.2 Å². The summed E-state index contributed by atoms with van der Waals surface area (Å²) in [6, 6.07) is 5.23. The Morgan fingerprint density at radius 3 is 2.50 bits per heavy atom. The molecule has 1 aromatic carbocycles. The number of halogens is 4. The first-order valence-corrected chi connectivity index (χ1v) is 7.60. The number of benzene rings is 1. The van der Waals surface area contributed by atoms with E-state index in [4.69, 9.17) is 0 Å². The molecule has 1 aromatic rings. The number of nitrogens with one attached hydrogen (secondary N) is 1. The van der Waals surface area contributed by atoms with E-state index in [-0.39, 0.29) is 18.2 Å². The molecule has 0 unspecified atom stereocenters. The van der Waals surface area contributed by atoms with Gasteiger partial charge in [0.1, 0.15) is 12.4 Å². The minimum Gasteiger partial charge on any atom is -0.346 e. The second-order valence-corrected chi connectivity index (χ2v) is 5.84. The maximum Gasteiger partial charge on any atom is 0.405 e. The molecule has 1 N–H and O–H groups in total. The Kier molecular flexibility index (Phi) is 5.93. The maximum absolute atomic E-state index is 12.9. The number of piperidine rings is 1. The SMILES string of the molecule is O=C(CN1CCC[C@@H](C(=O)c2ccc(F)cc2)C1)NCC(F)(F)F. The normalized spacial score (nSPS) is 19.1. The third-order valence-corrected chi connectivity index (χ3v) is 3.86. The molecule has 0 aromatic heterocycles. The fourth-order valence-electron chi connectivity index (χ4n) is 2.72. The van der Waals surface area contributed by atoms with Crippen LogP contribution in [0.2, 0.25) is 0 Å². The van der Waals surface area contributed by atoms with E-state index < -0.39 is 24.4 Å². The van der Waals surface area contributed by atoms with Gasteiger partial charge in [0.25, 0.3) is 0 Å². The molecule has 8 heteroatoms. The molecule has 1 aliphatic rings. The smallest absolute Gasteiger partial charge is 0.346 e. The monoisotopic (exact) mass is 346 g/mol. The molecular weight excluding hydrogens is 328 g/mol. The van der Waals surface area contributed by atoms with E-state index in [0.717, 1.165) is 0 Å². The minimum atomic E-state index is -4.45. The molecule has 132 valence electrons. The van der Waals surface area contributed by atoms with Crippen LogP contribution in [0.3, 0.4) is 0 Å². The zero-order valence-corrected chi connectivity index (χ0v) is 12.9. The lowest BCUT2D eigenvalue weighted by atomic mass is 9.90. The molecule has 0 spiro atoms. The lowest BCUT2D eigenvalue weighted by Gasteiger charge is -2.31. The minimum absolute atomic E-state index is 0.143. The van der Waals surface area contributed by atoms with Crippen molar-refractivity contribution < 1.29 is 27.2 Å². The molecule has 0 saturated carbocycles. The third kappa shape index (κ3) is 5.59. The van der Waals surface area contributed by atoms with Crippen LogP contribution in [0.1, 0.15) is 23.2 Å². The second-order valence-electron chi connectivity index (χ2n) is 5.84. The largest absolute Gasteiger partial charge is 0.405 e. The summed E-state index contributed by atoms with van der Waals surface area (Å²) >= 11 is 0. The predicted octanol–water partition coefficient (Wildman–Crippen LogP) is 2.40. The van der Waals surface area contributed by atoms with Gasteiger partial charge < -0.3 is 5.32 Å². The quantitative estimate of drug-likeness (QED) is 0.658. The molecule has 2 rings (SSSR count). The Hall–Kier alpha value is -1.96. The van der Waals surface area contributed by atoms with Crippen LogP contribution in [0, 0.1) is 11.7 Å². The fourth-order valence-corrected chi connectivity index (χ4v) is 2.72. The van der Waals surface area contributed by atoms with Gasteiger partial charge in [0.15, 0.2) is 5.78 Å². The number of rotatable bonds is 5. The van der Waals surface area contributed by atoms with E-state index in [9.17, 15) is 27.2 Å². The van der Waals surface area contributed by atoms with E-state index in [1.807, 2.05) is 5.32 Å². The van der Waals surface area contributed by atoms with Crippen molar-refractivity contribution in [1.82, 2.24) is 10.2 Å². The highest BCUT2D eigenvalue weighted by Gasteiger charge is 2.30. The molecule has 24 heavy (non-hydrogen) atoms. The Morgan fingerprint density at radius 2 is 1.88 bits per heavy atom. The number of hydrogen-bond acceptors (Lipinski definition) is 3. The Bertz CT molecular complexity index is 587. The van der Waals surface area contributed by atoms with Gasteiger partial charge in [0, 0.05) is 18.0 Å². The van der Waals surface area contributed by atoms with Crippen molar-refractivity contribution in [3.8, 4) is 0 Å². The molecule has 1 fully saturated rings. The van der Waals surface area contributed by atoms with Gasteiger partial charge in [-0.1, -0.05) is 0 Å². The zero-order valence-electron chi connectivity index (χ0n) is 12.9. The molecule has 4 nitrogen and oxygen atoms in total. The van der Waals surface area contributed by atoms with Crippen LogP contribution in [0.15, 0.2) is 24.3 Å². The van der Waals surface area contributed by atoms with Gasteiger partial charge in [-0.05, 0) is 43.7 Å². The van der Waals surface area contributed by atoms with Crippen molar-refractivity contribution in [2.75, 3.05) is 26.2 Å². The molecular formula is C16H18F4N2O2. The van der Waals surface area contributed by atoms with Crippen LogP contribution < -0.4 is 5.32 Å². The first kappa shape index (κ1) is 18.4. The highest BCUT2D eigenvalue weighted by Crippen LogP contribution is 2.21. The fraction of sp³-hybridized carbons (Fsp3) is 0.500. The number of ketones is 1. The van der Waals surface area contributed by atoms with Gasteiger partial charge >= 0.3 is 6.18 Å². The number of nitrogens with zero attached hydrogens (tertiary/aromatic N) is 1. The van der Waals surface area contributed by atoms with Gasteiger partial charge in [0.2, 0.25) is 5.91 Å². The van der Waals surface area contributed by atoms with Crippen LogP contribution in [0.4, 0.5) is 17.6 Å². The highest BCUT2D eigenvalue weighted by molar-refractivity contribution is 5.98. The van der Waals surface area contributed by atoms with Crippen molar-refractivity contribution >= 4 is 11.7 Å². The lowest BCUT2D eigenvalue weighted by molar-refractivity contribution is -0.139. The molecule has 0 aliphatic carbocycles. The summed E-state index contributed by atoms with van der Waals surface area (Å²) in [5.41, 5.74) is 0.393. The van der Waals surface area contributed by atoms with Crippen molar-refractivity contribution in [3.63, 3.8) is 0 Å². The number of carbonyl (C=O) groups excluding carboxylic acids is 2. The molecule has 1 amide bonds. The zero-order chi connectivity index (χ0) is 17.7. The number of alkyl halides is 3. The number of Topliss-reactive ketones (excluding diaryl/α,β-unsaturated/α-hetero) is 1.